The molecule has 3 aromatic rings. The summed E-state index contributed by atoms with van der Waals surface area (Å²) >= 11 is 1.46. The number of benzene rings is 1. The normalized spacial score (nSPS) is 10.4. The van der Waals surface area contributed by atoms with E-state index < -0.39 is 0 Å². The zero-order valence-corrected chi connectivity index (χ0v) is 11.5. The lowest BCUT2D eigenvalue weighted by Crippen LogP contribution is -2.10. The summed E-state index contributed by atoms with van der Waals surface area (Å²) in [7, 11) is 0. The molecule has 0 aliphatic rings. The molecule has 0 radical (unpaired) electrons. The molecule has 0 fully saturated rings. The highest BCUT2D eigenvalue weighted by atomic mass is 32.1. The number of thiophene rings is 1. The number of aromatic nitrogens is 1. The van der Waals surface area contributed by atoms with E-state index in [1.807, 2.05) is 60.0 Å². The molecule has 0 unspecified atom stereocenters. The molecule has 0 saturated carbocycles. The smallest absolute Gasteiger partial charge is 0.133 e. The highest BCUT2D eigenvalue weighted by molar-refractivity contribution is 7.12. The molecule has 0 aliphatic heterocycles. The molecule has 1 aromatic carbocycles. The van der Waals surface area contributed by atoms with Crippen molar-refractivity contribution < 1.29 is 0 Å². The van der Waals surface area contributed by atoms with Crippen LogP contribution in [0.5, 0.6) is 0 Å². The molecule has 3 rings (SSSR count). The molecule has 0 amide bonds. The topological polar surface area (TPSA) is 62.8 Å². The highest BCUT2D eigenvalue weighted by Gasteiger charge is 2.11. The van der Waals surface area contributed by atoms with Gasteiger partial charge in [0.2, 0.25) is 0 Å². The summed E-state index contributed by atoms with van der Waals surface area (Å²) in [5.41, 5.74) is 9.37. The summed E-state index contributed by atoms with van der Waals surface area (Å²) in [6.07, 6.45) is 0. The number of rotatable bonds is 3. The quantitative estimate of drug-likeness (QED) is 0.566. The molecule has 0 bridgehead atoms. The van der Waals surface area contributed by atoms with E-state index in [4.69, 9.17) is 11.1 Å². The molecular weight excluding hydrogens is 266 g/mol. The molecule has 0 saturated heterocycles. The number of nitrogens with zero attached hydrogens (tertiary/aromatic N) is 1. The third-order valence-electron chi connectivity index (χ3n) is 3.00. The van der Waals surface area contributed by atoms with Gasteiger partial charge in [-0.25, -0.2) is 4.98 Å². The highest BCUT2D eigenvalue weighted by Crippen LogP contribution is 2.28. The van der Waals surface area contributed by atoms with Crippen LogP contribution in [-0.2, 0) is 0 Å². The number of pyridine rings is 1. The second-order valence-corrected chi connectivity index (χ2v) is 5.27. The molecule has 20 heavy (non-hydrogen) atoms. The molecule has 2 aromatic heterocycles. The largest absolute Gasteiger partial charge is 0.383 e. The number of amidine groups is 1. The Balaban J connectivity index is 2.08. The molecule has 0 atom stereocenters. The Labute approximate surface area is 121 Å². The zero-order valence-electron chi connectivity index (χ0n) is 10.7. The summed E-state index contributed by atoms with van der Waals surface area (Å²) in [6, 6.07) is 17.9. The van der Waals surface area contributed by atoms with Crippen molar-refractivity contribution in [3.63, 3.8) is 0 Å². The van der Waals surface area contributed by atoms with Crippen molar-refractivity contribution in [1.29, 1.82) is 5.41 Å². The van der Waals surface area contributed by atoms with Crippen LogP contribution >= 0.6 is 11.3 Å². The Hall–Kier alpha value is -2.46. The van der Waals surface area contributed by atoms with Gasteiger partial charge in [-0.05, 0) is 23.6 Å². The van der Waals surface area contributed by atoms with E-state index in [0.717, 1.165) is 27.4 Å². The summed E-state index contributed by atoms with van der Waals surface area (Å²) < 4.78 is 0. The Bertz CT molecular complexity index is 747. The Morgan fingerprint density at radius 2 is 1.70 bits per heavy atom. The number of nitrogens with two attached hydrogens (primary N) is 1. The van der Waals surface area contributed by atoms with Crippen molar-refractivity contribution in [3.05, 3.63) is 64.9 Å². The van der Waals surface area contributed by atoms with Crippen LogP contribution in [0.25, 0.3) is 22.5 Å². The van der Waals surface area contributed by atoms with Crippen LogP contribution in [-0.4, -0.2) is 10.8 Å². The number of nitrogens with one attached hydrogen (secondary N) is 1. The van der Waals surface area contributed by atoms with Gasteiger partial charge in [-0.1, -0.05) is 36.4 Å². The molecule has 98 valence electrons. The first-order valence-corrected chi connectivity index (χ1v) is 7.08. The second-order valence-electron chi connectivity index (χ2n) is 4.35. The third kappa shape index (κ3) is 2.33. The standard InChI is InChI=1S/C16H13N3S/c17-16(18)15-12(9-10-20-15)14-8-4-7-13(19-14)11-5-2-1-3-6-11/h1-10H,(H3,17,18). The van der Waals surface area contributed by atoms with Crippen molar-refractivity contribution >= 4 is 17.2 Å². The van der Waals surface area contributed by atoms with Crippen LogP contribution < -0.4 is 5.73 Å². The molecule has 3 N–H and O–H groups in total. The van der Waals surface area contributed by atoms with Crippen LogP contribution in [0.4, 0.5) is 0 Å². The Kier molecular flexibility index (Phi) is 3.31. The molecule has 4 heteroatoms. The van der Waals surface area contributed by atoms with Crippen LogP contribution in [0.15, 0.2) is 60.0 Å². The maximum atomic E-state index is 7.62. The fourth-order valence-corrected chi connectivity index (χ4v) is 2.84. The van der Waals surface area contributed by atoms with Gasteiger partial charge in [0.25, 0.3) is 0 Å². The SMILES string of the molecule is N=C(N)c1sccc1-c1cccc(-c2ccccc2)n1. The summed E-state index contributed by atoms with van der Waals surface area (Å²) in [6.45, 7) is 0. The lowest BCUT2D eigenvalue weighted by Gasteiger charge is -2.05. The van der Waals surface area contributed by atoms with Crippen molar-refractivity contribution in [2.45, 2.75) is 0 Å². The van der Waals surface area contributed by atoms with Gasteiger partial charge in [-0.3, -0.25) is 5.41 Å². The number of hydrogen-bond donors (Lipinski definition) is 2. The van der Waals surface area contributed by atoms with Gasteiger partial charge in [0.1, 0.15) is 5.84 Å². The molecule has 3 nitrogen and oxygen atoms in total. The first-order valence-electron chi connectivity index (χ1n) is 6.20. The van der Waals surface area contributed by atoms with Crippen molar-refractivity contribution in [3.8, 4) is 22.5 Å². The zero-order chi connectivity index (χ0) is 13.9. The van der Waals surface area contributed by atoms with Gasteiger partial charge in [0.05, 0.1) is 16.3 Å². The van der Waals surface area contributed by atoms with Crippen LogP contribution in [0, 0.1) is 5.41 Å². The van der Waals surface area contributed by atoms with Crippen LogP contribution in [0.1, 0.15) is 4.88 Å². The predicted molar refractivity (Wildman–Crippen MR) is 84.0 cm³/mol. The first kappa shape index (κ1) is 12.6. The minimum absolute atomic E-state index is 0.0851. The van der Waals surface area contributed by atoms with E-state index in [1.54, 1.807) is 0 Å². The molecule has 2 heterocycles. The van der Waals surface area contributed by atoms with E-state index in [9.17, 15) is 0 Å². The number of hydrogen-bond acceptors (Lipinski definition) is 3. The minimum atomic E-state index is 0.0851. The lowest BCUT2D eigenvalue weighted by molar-refractivity contribution is 1.32. The van der Waals surface area contributed by atoms with Gasteiger partial charge in [-0.15, -0.1) is 11.3 Å². The number of nitrogen functional groups attached to an aromatic ring is 1. The molecule has 0 spiro atoms. The third-order valence-corrected chi connectivity index (χ3v) is 3.95. The monoisotopic (exact) mass is 279 g/mol. The van der Waals surface area contributed by atoms with E-state index in [1.165, 1.54) is 11.3 Å². The fraction of sp³-hybridized carbons (Fsp3) is 0. The second kappa shape index (κ2) is 5.27. The summed E-state index contributed by atoms with van der Waals surface area (Å²) in [5.74, 6) is 0.0851. The maximum absolute atomic E-state index is 7.62. The average Bonchev–Trinajstić information content (AvgIpc) is 2.98. The van der Waals surface area contributed by atoms with Gasteiger partial charge in [0, 0.05) is 11.1 Å². The first-order chi connectivity index (χ1) is 9.75. The van der Waals surface area contributed by atoms with Gasteiger partial charge in [-0.2, -0.15) is 0 Å². The average molecular weight is 279 g/mol. The van der Waals surface area contributed by atoms with Gasteiger partial charge in [0.15, 0.2) is 0 Å². The van der Waals surface area contributed by atoms with Crippen LogP contribution in [0.2, 0.25) is 0 Å². The Morgan fingerprint density at radius 3 is 2.45 bits per heavy atom. The van der Waals surface area contributed by atoms with Crippen molar-refractivity contribution in [2.75, 3.05) is 0 Å². The summed E-state index contributed by atoms with van der Waals surface area (Å²) in [5, 5.41) is 9.55. The maximum Gasteiger partial charge on any atom is 0.133 e. The fourth-order valence-electron chi connectivity index (χ4n) is 2.07. The predicted octanol–water partition coefficient (Wildman–Crippen LogP) is 3.76. The molecular formula is C16H13N3S. The summed E-state index contributed by atoms with van der Waals surface area (Å²) in [4.78, 5) is 5.45. The van der Waals surface area contributed by atoms with E-state index in [2.05, 4.69) is 4.98 Å². The minimum Gasteiger partial charge on any atom is -0.383 e. The van der Waals surface area contributed by atoms with Gasteiger partial charge < -0.3 is 5.73 Å². The van der Waals surface area contributed by atoms with E-state index in [0.29, 0.717) is 0 Å². The Morgan fingerprint density at radius 1 is 0.950 bits per heavy atom. The lowest BCUT2D eigenvalue weighted by atomic mass is 10.1. The van der Waals surface area contributed by atoms with Crippen molar-refractivity contribution in [1.82, 2.24) is 4.98 Å². The van der Waals surface area contributed by atoms with Gasteiger partial charge >= 0.3 is 0 Å². The van der Waals surface area contributed by atoms with E-state index >= 15 is 0 Å². The van der Waals surface area contributed by atoms with E-state index in [-0.39, 0.29) is 5.84 Å². The molecule has 0 aliphatic carbocycles. The van der Waals surface area contributed by atoms with Crippen LogP contribution in [0.3, 0.4) is 0 Å². The van der Waals surface area contributed by atoms with Crippen molar-refractivity contribution in [2.24, 2.45) is 5.73 Å².